The lowest BCUT2D eigenvalue weighted by Crippen LogP contribution is -2.41. The molecule has 1 aromatic rings. The zero-order valence-electron chi connectivity index (χ0n) is 9.99. The van der Waals surface area contributed by atoms with Crippen molar-refractivity contribution in [2.75, 3.05) is 0 Å². The second-order valence-corrected chi connectivity index (χ2v) is 5.80. The minimum absolute atomic E-state index is 0.136. The molecule has 17 heavy (non-hydrogen) atoms. The van der Waals surface area contributed by atoms with E-state index in [0.29, 0.717) is 16.7 Å². The average Bonchev–Trinajstić information content (AvgIpc) is 3.10. The van der Waals surface area contributed by atoms with Crippen molar-refractivity contribution in [3.8, 4) is 0 Å². The average molecular weight is 348 g/mol. The van der Waals surface area contributed by atoms with Crippen molar-refractivity contribution < 1.29 is 0 Å². The molecule has 0 aliphatic heterocycles. The number of nitrogens with zero attached hydrogens (tertiary/aromatic N) is 2. The Bertz CT molecular complexity index is 514. The van der Waals surface area contributed by atoms with E-state index in [2.05, 4.69) is 0 Å². The van der Waals surface area contributed by atoms with Crippen molar-refractivity contribution in [2.24, 2.45) is 5.92 Å². The van der Waals surface area contributed by atoms with Crippen LogP contribution in [-0.2, 0) is 13.1 Å². The maximum atomic E-state index is 12.1. The smallest absolute Gasteiger partial charge is 0.299 e. The van der Waals surface area contributed by atoms with Crippen molar-refractivity contribution >= 4 is 22.6 Å². The lowest BCUT2D eigenvalue weighted by atomic mass is 10.3. The second-order valence-electron chi connectivity index (χ2n) is 4.64. The molecule has 94 valence electrons. The van der Waals surface area contributed by atoms with Crippen LogP contribution >= 0.6 is 22.6 Å². The maximum Gasteiger partial charge on any atom is 0.331 e. The second kappa shape index (κ2) is 5.37. The summed E-state index contributed by atoms with van der Waals surface area (Å²) in [5, 5.41) is 0. The van der Waals surface area contributed by atoms with E-state index in [1.165, 1.54) is 17.4 Å². The molecule has 0 bridgehead atoms. The third-order valence-corrected chi connectivity index (χ3v) is 3.86. The van der Waals surface area contributed by atoms with Crippen LogP contribution in [0, 0.1) is 9.49 Å². The lowest BCUT2D eigenvalue weighted by molar-refractivity contribution is 0.509. The van der Waals surface area contributed by atoms with Gasteiger partial charge in [-0.1, -0.05) is 19.8 Å². The number of hydrogen-bond donors (Lipinski definition) is 0. The predicted molar refractivity (Wildman–Crippen MR) is 75.3 cm³/mol. The van der Waals surface area contributed by atoms with Gasteiger partial charge in [0.2, 0.25) is 0 Å². The Hall–Kier alpha value is -0.590. The van der Waals surface area contributed by atoms with E-state index in [1.807, 2.05) is 29.5 Å². The largest absolute Gasteiger partial charge is 0.331 e. The van der Waals surface area contributed by atoms with Gasteiger partial charge < -0.3 is 0 Å². The molecule has 0 radical (unpaired) electrons. The van der Waals surface area contributed by atoms with E-state index >= 15 is 0 Å². The van der Waals surface area contributed by atoms with Gasteiger partial charge in [0, 0.05) is 19.3 Å². The highest BCUT2D eigenvalue weighted by Crippen LogP contribution is 2.32. The molecule has 4 nitrogen and oxygen atoms in total. The Labute approximate surface area is 114 Å². The summed E-state index contributed by atoms with van der Waals surface area (Å²) in [7, 11) is 0. The molecule has 0 amide bonds. The Kier molecular flexibility index (Phi) is 4.06. The van der Waals surface area contributed by atoms with Crippen LogP contribution in [0.4, 0.5) is 0 Å². The summed E-state index contributed by atoms with van der Waals surface area (Å²) in [6.07, 6.45) is 6.03. The fourth-order valence-corrected chi connectivity index (χ4v) is 2.56. The molecular formula is C12H17IN2O2. The van der Waals surface area contributed by atoms with E-state index in [-0.39, 0.29) is 11.2 Å². The highest BCUT2D eigenvalue weighted by Gasteiger charge is 2.21. The summed E-state index contributed by atoms with van der Waals surface area (Å²) in [6.45, 7) is 3.28. The minimum Gasteiger partial charge on any atom is -0.299 e. The summed E-state index contributed by atoms with van der Waals surface area (Å²) in [5.74, 6) is 0.735. The highest BCUT2D eigenvalue weighted by molar-refractivity contribution is 14.1. The lowest BCUT2D eigenvalue weighted by Gasteiger charge is -2.10. The minimum atomic E-state index is -0.155. The van der Waals surface area contributed by atoms with Gasteiger partial charge in [-0.25, -0.2) is 4.79 Å². The first-order chi connectivity index (χ1) is 8.13. The van der Waals surface area contributed by atoms with Crippen molar-refractivity contribution in [3.05, 3.63) is 30.6 Å². The third kappa shape index (κ3) is 3.00. The third-order valence-electron chi connectivity index (χ3n) is 3.12. The van der Waals surface area contributed by atoms with E-state index < -0.39 is 0 Å². The first-order valence-corrected chi connectivity index (χ1v) is 7.21. The molecule has 0 N–H and O–H groups in total. The van der Waals surface area contributed by atoms with Gasteiger partial charge in [0.25, 0.3) is 5.56 Å². The fraction of sp³-hybridized carbons (Fsp3) is 0.667. The van der Waals surface area contributed by atoms with Crippen LogP contribution in [-0.4, -0.2) is 9.13 Å². The summed E-state index contributed by atoms with van der Waals surface area (Å²) in [6, 6.07) is 0. The molecule has 0 saturated heterocycles. The van der Waals surface area contributed by atoms with Gasteiger partial charge in [-0.3, -0.25) is 13.9 Å². The van der Waals surface area contributed by atoms with Gasteiger partial charge in [0.1, 0.15) is 0 Å². The molecule has 0 unspecified atom stereocenters. The van der Waals surface area contributed by atoms with E-state index in [4.69, 9.17) is 0 Å². The van der Waals surface area contributed by atoms with Crippen molar-refractivity contribution in [2.45, 2.75) is 45.7 Å². The van der Waals surface area contributed by atoms with Gasteiger partial charge in [-0.05, 0) is 41.4 Å². The van der Waals surface area contributed by atoms with Gasteiger partial charge >= 0.3 is 5.69 Å². The molecule has 0 atom stereocenters. The highest BCUT2D eigenvalue weighted by atomic mass is 127. The number of rotatable bonds is 5. The monoisotopic (exact) mass is 348 g/mol. The Balaban J connectivity index is 2.32. The van der Waals surface area contributed by atoms with Gasteiger partial charge in [0.05, 0.1) is 3.57 Å². The van der Waals surface area contributed by atoms with Gasteiger partial charge in [-0.2, -0.15) is 0 Å². The zero-order chi connectivity index (χ0) is 12.4. The fourth-order valence-electron chi connectivity index (χ4n) is 1.93. The first-order valence-electron chi connectivity index (χ1n) is 6.13. The molecular weight excluding hydrogens is 331 g/mol. The summed E-state index contributed by atoms with van der Waals surface area (Å²) in [5.41, 5.74) is -0.290. The number of hydrogen-bond acceptors (Lipinski definition) is 2. The quantitative estimate of drug-likeness (QED) is 0.762. The number of aromatic nitrogens is 2. The predicted octanol–water partition coefficient (Wildman–Crippen LogP) is 1.82. The molecule has 1 saturated carbocycles. The van der Waals surface area contributed by atoms with Crippen LogP contribution in [0.3, 0.4) is 0 Å². The molecule has 1 aliphatic carbocycles. The van der Waals surface area contributed by atoms with E-state index in [9.17, 15) is 9.59 Å². The van der Waals surface area contributed by atoms with Crippen LogP contribution in [0.2, 0.25) is 0 Å². The molecule has 0 spiro atoms. The number of halogens is 1. The van der Waals surface area contributed by atoms with E-state index in [0.717, 1.165) is 18.8 Å². The van der Waals surface area contributed by atoms with Gasteiger partial charge in [0.15, 0.2) is 0 Å². The Morgan fingerprint density at radius 3 is 2.65 bits per heavy atom. The molecule has 2 rings (SSSR count). The topological polar surface area (TPSA) is 44.0 Å². The van der Waals surface area contributed by atoms with E-state index in [1.54, 1.807) is 10.8 Å². The van der Waals surface area contributed by atoms with Crippen LogP contribution < -0.4 is 11.2 Å². The molecule has 5 heteroatoms. The molecule has 1 fully saturated rings. The molecule has 0 aromatic carbocycles. The van der Waals surface area contributed by atoms with Crippen molar-refractivity contribution in [1.29, 1.82) is 0 Å². The summed E-state index contributed by atoms with van der Waals surface area (Å²) in [4.78, 5) is 24.0. The van der Waals surface area contributed by atoms with Crippen molar-refractivity contribution in [1.82, 2.24) is 9.13 Å². The molecule has 1 heterocycles. The summed E-state index contributed by atoms with van der Waals surface area (Å²) >= 11 is 2.01. The zero-order valence-corrected chi connectivity index (χ0v) is 12.1. The molecule has 1 aromatic heterocycles. The SMILES string of the molecule is CCCn1cc(I)c(=O)n(CCC2CC2)c1=O. The first kappa shape index (κ1) is 12.9. The Morgan fingerprint density at radius 1 is 1.35 bits per heavy atom. The standard InChI is InChI=1S/C12H17IN2O2/c1-2-6-14-8-10(13)11(16)15(12(14)17)7-5-9-3-4-9/h8-9H,2-7H2,1H3. The Morgan fingerprint density at radius 2 is 2.06 bits per heavy atom. The van der Waals surface area contributed by atoms with Gasteiger partial charge in [-0.15, -0.1) is 0 Å². The van der Waals surface area contributed by atoms with Crippen LogP contribution in [0.1, 0.15) is 32.6 Å². The summed E-state index contributed by atoms with van der Waals surface area (Å²) < 4.78 is 3.68. The van der Waals surface area contributed by atoms with Crippen LogP contribution in [0.5, 0.6) is 0 Å². The normalized spacial score (nSPS) is 15.2. The molecule has 1 aliphatic rings. The van der Waals surface area contributed by atoms with Crippen LogP contribution in [0.15, 0.2) is 15.8 Å². The van der Waals surface area contributed by atoms with Crippen LogP contribution in [0.25, 0.3) is 0 Å². The number of aryl methyl sites for hydroxylation is 1. The van der Waals surface area contributed by atoms with Crippen molar-refractivity contribution in [3.63, 3.8) is 0 Å². The maximum absolute atomic E-state index is 12.1.